The van der Waals surface area contributed by atoms with Gasteiger partial charge in [0.1, 0.15) is 6.07 Å². The molecule has 78 valence electrons. The summed E-state index contributed by atoms with van der Waals surface area (Å²) in [5.41, 5.74) is 1.65. The fourth-order valence-electron chi connectivity index (χ4n) is 1.88. The number of hydrogen-bond acceptors (Lipinski definition) is 3. The molecule has 2 rings (SSSR count). The van der Waals surface area contributed by atoms with Crippen LogP contribution in [0.5, 0.6) is 0 Å². The molecule has 1 unspecified atom stereocenters. The Labute approximate surface area is 90.4 Å². The molecule has 1 aromatic heterocycles. The molecule has 1 aliphatic rings. The van der Waals surface area contributed by atoms with E-state index in [-0.39, 0.29) is 0 Å². The standard InChI is InChI=1S/C12H15N3/c1-9(10-3-4-10)15(2)12-8-14-6-5-11(12)7-13/h5-6,8-10H,3-4H2,1-2H3. The van der Waals surface area contributed by atoms with E-state index in [1.165, 1.54) is 12.8 Å². The SMILES string of the molecule is CC(C1CC1)N(C)c1cnccc1C#N. The Hall–Kier alpha value is -1.56. The summed E-state index contributed by atoms with van der Waals surface area (Å²) in [5.74, 6) is 0.793. The Balaban J connectivity index is 2.24. The first-order valence-electron chi connectivity index (χ1n) is 5.31. The second kappa shape index (κ2) is 3.90. The Morgan fingerprint density at radius 1 is 1.60 bits per heavy atom. The van der Waals surface area contributed by atoms with Crippen LogP contribution in [0, 0.1) is 17.2 Å². The maximum atomic E-state index is 9.00. The number of nitrogens with zero attached hydrogens (tertiary/aromatic N) is 3. The zero-order valence-electron chi connectivity index (χ0n) is 9.14. The molecule has 1 atom stereocenters. The number of pyridine rings is 1. The summed E-state index contributed by atoms with van der Waals surface area (Å²) in [7, 11) is 2.04. The molecule has 0 saturated heterocycles. The van der Waals surface area contributed by atoms with Crippen molar-refractivity contribution < 1.29 is 0 Å². The van der Waals surface area contributed by atoms with Crippen molar-refractivity contribution in [3.05, 3.63) is 24.0 Å². The van der Waals surface area contributed by atoms with Crippen LogP contribution < -0.4 is 4.90 Å². The zero-order valence-corrected chi connectivity index (χ0v) is 9.14. The maximum Gasteiger partial charge on any atom is 0.101 e. The first-order valence-corrected chi connectivity index (χ1v) is 5.31. The zero-order chi connectivity index (χ0) is 10.8. The summed E-state index contributed by atoms with van der Waals surface area (Å²) in [5, 5.41) is 9.00. The van der Waals surface area contributed by atoms with E-state index in [4.69, 9.17) is 5.26 Å². The first-order chi connectivity index (χ1) is 7.24. The Bertz CT molecular complexity index is 390. The molecule has 0 radical (unpaired) electrons. The average Bonchev–Trinajstić information content (AvgIpc) is 3.11. The number of rotatable bonds is 3. The van der Waals surface area contributed by atoms with Crippen molar-refractivity contribution in [3.63, 3.8) is 0 Å². The van der Waals surface area contributed by atoms with Crippen molar-refractivity contribution in [3.8, 4) is 6.07 Å². The Morgan fingerprint density at radius 3 is 2.93 bits per heavy atom. The van der Waals surface area contributed by atoms with Gasteiger partial charge in [0.2, 0.25) is 0 Å². The van der Waals surface area contributed by atoms with Gasteiger partial charge >= 0.3 is 0 Å². The van der Waals surface area contributed by atoms with Gasteiger partial charge in [-0.15, -0.1) is 0 Å². The van der Waals surface area contributed by atoms with Crippen molar-refractivity contribution in [2.45, 2.75) is 25.8 Å². The molecule has 0 amide bonds. The number of anilines is 1. The van der Waals surface area contributed by atoms with Gasteiger partial charge in [-0.1, -0.05) is 0 Å². The molecule has 1 aliphatic carbocycles. The first kappa shape index (κ1) is 9.97. The van der Waals surface area contributed by atoms with Crippen LogP contribution in [0.2, 0.25) is 0 Å². The smallest absolute Gasteiger partial charge is 0.101 e. The number of aromatic nitrogens is 1. The highest BCUT2D eigenvalue weighted by atomic mass is 15.1. The lowest BCUT2D eigenvalue weighted by Gasteiger charge is -2.27. The summed E-state index contributed by atoms with van der Waals surface area (Å²) in [6, 6.07) is 4.48. The molecule has 0 aromatic carbocycles. The topological polar surface area (TPSA) is 39.9 Å². The lowest BCUT2D eigenvalue weighted by molar-refractivity contribution is 0.608. The molecule has 3 nitrogen and oxygen atoms in total. The van der Waals surface area contributed by atoms with E-state index in [0.717, 1.165) is 11.6 Å². The predicted molar refractivity (Wildman–Crippen MR) is 59.5 cm³/mol. The van der Waals surface area contributed by atoms with Crippen LogP contribution in [0.1, 0.15) is 25.3 Å². The van der Waals surface area contributed by atoms with Gasteiger partial charge in [0, 0.05) is 19.3 Å². The molecule has 1 aromatic rings. The fraction of sp³-hybridized carbons (Fsp3) is 0.500. The minimum Gasteiger partial charge on any atom is -0.369 e. The minimum absolute atomic E-state index is 0.501. The third-order valence-corrected chi connectivity index (χ3v) is 3.22. The lowest BCUT2D eigenvalue weighted by Crippen LogP contribution is -2.31. The van der Waals surface area contributed by atoms with E-state index < -0.39 is 0 Å². The molecular formula is C12H15N3. The van der Waals surface area contributed by atoms with Crippen molar-refractivity contribution in [1.29, 1.82) is 5.26 Å². The van der Waals surface area contributed by atoms with Crippen LogP contribution in [0.4, 0.5) is 5.69 Å². The summed E-state index contributed by atoms with van der Waals surface area (Å²) in [4.78, 5) is 6.25. The summed E-state index contributed by atoms with van der Waals surface area (Å²) in [6.07, 6.45) is 6.07. The summed E-state index contributed by atoms with van der Waals surface area (Å²) in [6.45, 7) is 2.21. The normalized spacial score (nSPS) is 16.9. The van der Waals surface area contributed by atoms with Gasteiger partial charge < -0.3 is 4.90 Å². The van der Waals surface area contributed by atoms with Crippen LogP contribution in [0.25, 0.3) is 0 Å². The molecule has 0 bridgehead atoms. The van der Waals surface area contributed by atoms with Crippen molar-refractivity contribution >= 4 is 5.69 Å². The quantitative estimate of drug-likeness (QED) is 0.752. The third-order valence-electron chi connectivity index (χ3n) is 3.22. The fourth-order valence-corrected chi connectivity index (χ4v) is 1.88. The number of nitriles is 1. The number of hydrogen-bond donors (Lipinski definition) is 0. The van der Waals surface area contributed by atoms with Crippen LogP contribution in [0.15, 0.2) is 18.5 Å². The maximum absolute atomic E-state index is 9.00. The largest absolute Gasteiger partial charge is 0.369 e. The molecule has 0 spiro atoms. The van der Waals surface area contributed by atoms with Gasteiger partial charge in [-0.25, -0.2) is 0 Å². The van der Waals surface area contributed by atoms with Crippen LogP contribution in [0.3, 0.4) is 0 Å². The molecule has 15 heavy (non-hydrogen) atoms. The van der Waals surface area contributed by atoms with E-state index in [9.17, 15) is 0 Å². The van der Waals surface area contributed by atoms with E-state index in [1.54, 1.807) is 18.5 Å². The molecule has 3 heteroatoms. The second-order valence-electron chi connectivity index (χ2n) is 4.19. The van der Waals surface area contributed by atoms with Crippen LogP contribution in [-0.4, -0.2) is 18.1 Å². The minimum atomic E-state index is 0.501. The summed E-state index contributed by atoms with van der Waals surface area (Å²) >= 11 is 0. The molecule has 0 aliphatic heterocycles. The van der Waals surface area contributed by atoms with Gasteiger partial charge in [-0.2, -0.15) is 5.26 Å². The second-order valence-corrected chi connectivity index (χ2v) is 4.19. The highest BCUT2D eigenvalue weighted by Crippen LogP contribution is 2.36. The average molecular weight is 201 g/mol. The van der Waals surface area contributed by atoms with Gasteiger partial charge in [0.25, 0.3) is 0 Å². The van der Waals surface area contributed by atoms with E-state index in [0.29, 0.717) is 11.6 Å². The highest BCUT2D eigenvalue weighted by Gasteiger charge is 2.31. The van der Waals surface area contributed by atoms with E-state index in [2.05, 4.69) is 22.9 Å². The van der Waals surface area contributed by atoms with Gasteiger partial charge in [0.15, 0.2) is 0 Å². The Morgan fingerprint density at radius 2 is 2.33 bits per heavy atom. The van der Waals surface area contributed by atoms with Crippen molar-refractivity contribution in [1.82, 2.24) is 4.98 Å². The monoisotopic (exact) mass is 201 g/mol. The highest BCUT2D eigenvalue weighted by molar-refractivity contribution is 5.57. The predicted octanol–water partition coefficient (Wildman–Crippen LogP) is 2.19. The van der Waals surface area contributed by atoms with Crippen LogP contribution >= 0.6 is 0 Å². The third kappa shape index (κ3) is 1.94. The van der Waals surface area contributed by atoms with Crippen LogP contribution in [-0.2, 0) is 0 Å². The van der Waals surface area contributed by atoms with Crippen molar-refractivity contribution in [2.75, 3.05) is 11.9 Å². The molecule has 1 fully saturated rings. The summed E-state index contributed by atoms with van der Waals surface area (Å²) < 4.78 is 0. The van der Waals surface area contributed by atoms with Gasteiger partial charge in [0.05, 0.1) is 17.4 Å². The van der Waals surface area contributed by atoms with E-state index >= 15 is 0 Å². The van der Waals surface area contributed by atoms with E-state index in [1.807, 2.05) is 7.05 Å². The molecule has 1 saturated carbocycles. The molecular weight excluding hydrogens is 186 g/mol. The molecule has 1 heterocycles. The molecule has 0 N–H and O–H groups in total. The van der Waals surface area contributed by atoms with Gasteiger partial charge in [-0.3, -0.25) is 4.98 Å². The van der Waals surface area contributed by atoms with Crippen molar-refractivity contribution in [2.24, 2.45) is 5.92 Å². The lowest BCUT2D eigenvalue weighted by atomic mass is 10.1. The Kier molecular flexibility index (Phi) is 2.59. The van der Waals surface area contributed by atoms with Gasteiger partial charge in [-0.05, 0) is 31.7 Å².